The lowest BCUT2D eigenvalue weighted by molar-refractivity contribution is 0.568. The van der Waals surface area contributed by atoms with Crippen molar-refractivity contribution < 1.29 is 0 Å². The molecule has 23 heavy (non-hydrogen) atoms. The van der Waals surface area contributed by atoms with Crippen molar-refractivity contribution in [1.29, 1.82) is 0 Å². The summed E-state index contributed by atoms with van der Waals surface area (Å²) < 4.78 is 0. The van der Waals surface area contributed by atoms with Crippen molar-refractivity contribution in [1.82, 2.24) is 9.97 Å². The van der Waals surface area contributed by atoms with Gasteiger partial charge in [-0.15, -0.1) is 0 Å². The molecule has 2 aromatic carbocycles. The molecule has 1 aromatic heterocycles. The monoisotopic (exact) mass is 320 g/mol. The number of aromatic nitrogens is 2. The smallest absolute Gasteiger partial charge is 0.116 e. The normalized spacial score (nSPS) is 11.7. The van der Waals surface area contributed by atoms with Gasteiger partial charge in [-0.05, 0) is 16.7 Å². The molecule has 0 atom stereocenters. The third-order valence-corrected chi connectivity index (χ3v) is 6.01. The lowest BCUT2D eigenvalue weighted by Gasteiger charge is -2.22. The van der Waals surface area contributed by atoms with Gasteiger partial charge in [0.25, 0.3) is 0 Å². The maximum absolute atomic E-state index is 4.62. The van der Waals surface area contributed by atoms with Gasteiger partial charge >= 0.3 is 0 Å². The van der Waals surface area contributed by atoms with E-state index in [-0.39, 0.29) is 5.41 Å². The fourth-order valence-electron chi connectivity index (χ4n) is 2.45. The van der Waals surface area contributed by atoms with Gasteiger partial charge in [-0.25, -0.2) is 9.97 Å². The highest BCUT2D eigenvalue weighted by Gasteiger charge is 2.21. The van der Waals surface area contributed by atoms with Gasteiger partial charge in [0.2, 0.25) is 0 Å². The minimum absolute atomic E-state index is 0.0199. The van der Waals surface area contributed by atoms with E-state index in [1.165, 1.54) is 10.6 Å². The van der Waals surface area contributed by atoms with E-state index in [2.05, 4.69) is 97.5 Å². The van der Waals surface area contributed by atoms with E-state index < -0.39 is 7.92 Å². The van der Waals surface area contributed by atoms with E-state index in [1.807, 2.05) is 0 Å². The van der Waals surface area contributed by atoms with Crippen LogP contribution < -0.4 is 16.0 Å². The van der Waals surface area contributed by atoms with Crippen molar-refractivity contribution in [3.63, 3.8) is 0 Å². The molecule has 0 spiro atoms. The van der Waals surface area contributed by atoms with Crippen LogP contribution in [0.5, 0.6) is 0 Å². The lowest BCUT2D eigenvalue weighted by atomic mass is 9.92. The van der Waals surface area contributed by atoms with Crippen molar-refractivity contribution in [2.45, 2.75) is 26.2 Å². The summed E-state index contributed by atoms with van der Waals surface area (Å²) in [5.41, 5.74) is 2.21. The molecule has 3 heteroatoms. The largest absolute Gasteiger partial charge is 0.241 e. The second-order valence-electron chi connectivity index (χ2n) is 6.52. The van der Waals surface area contributed by atoms with Crippen LogP contribution in [0.15, 0.2) is 73.1 Å². The molecule has 0 amide bonds. The quantitative estimate of drug-likeness (QED) is 0.690. The molecule has 0 saturated heterocycles. The summed E-state index contributed by atoms with van der Waals surface area (Å²) in [5.74, 6) is 0. The zero-order chi connectivity index (χ0) is 16.3. The van der Waals surface area contributed by atoms with Crippen LogP contribution in [-0.2, 0) is 5.41 Å². The second kappa shape index (κ2) is 6.60. The van der Waals surface area contributed by atoms with Crippen molar-refractivity contribution >= 4 is 24.0 Å². The molecule has 0 N–H and O–H groups in total. The minimum Gasteiger partial charge on any atom is -0.241 e. The van der Waals surface area contributed by atoms with Crippen molar-refractivity contribution in [3.05, 3.63) is 78.8 Å². The van der Waals surface area contributed by atoms with Crippen LogP contribution in [0, 0.1) is 0 Å². The van der Waals surface area contributed by atoms with E-state index >= 15 is 0 Å². The fourth-order valence-corrected chi connectivity index (χ4v) is 4.63. The number of benzene rings is 2. The molecule has 3 aromatic rings. The first-order chi connectivity index (χ1) is 11.1. The Morgan fingerprint density at radius 2 is 1.26 bits per heavy atom. The van der Waals surface area contributed by atoms with Crippen LogP contribution in [-0.4, -0.2) is 9.97 Å². The Kier molecular flexibility index (Phi) is 4.54. The molecular formula is C20H21N2P. The molecule has 0 bridgehead atoms. The first-order valence-corrected chi connectivity index (χ1v) is 9.12. The molecule has 1 heterocycles. The number of nitrogens with zero attached hydrogens (tertiary/aromatic N) is 2. The van der Waals surface area contributed by atoms with E-state index in [9.17, 15) is 0 Å². The molecular weight excluding hydrogens is 299 g/mol. The Morgan fingerprint density at radius 3 is 1.74 bits per heavy atom. The number of hydrogen-bond acceptors (Lipinski definition) is 2. The van der Waals surface area contributed by atoms with Crippen LogP contribution in [0.2, 0.25) is 0 Å². The number of rotatable bonds is 3. The fraction of sp³-hybridized carbons (Fsp3) is 0.200. The van der Waals surface area contributed by atoms with Crippen molar-refractivity contribution in [2.75, 3.05) is 0 Å². The summed E-state index contributed by atoms with van der Waals surface area (Å²) in [4.78, 5) is 9.10. The molecule has 2 nitrogen and oxygen atoms in total. The van der Waals surface area contributed by atoms with Crippen molar-refractivity contribution in [2.24, 2.45) is 0 Å². The highest BCUT2D eigenvalue weighted by atomic mass is 31.1. The van der Waals surface area contributed by atoms with E-state index in [4.69, 9.17) is 0 Å². The van der Waals surface area contributed by atoms with Gasteiger partial charge in [-0.2, -0.15) is 0 Å². The van der Waals surface area contributed by atoms with E-state index in [0.717, 1.165) is 11.1 Å². The molecule has 0 unspecified atom stereocenters. The molecule has 0 aliphatic heterocycles. The third-order valence-electron chi connectivity index (χ3n) is 3.68. The summed E-state index contributed by atoms with van der Waals surface area (Å²) in [6, 6.07) is 23.4. The van der Waals surface area contributed by atoms with Gasteiger partial charge in [0.15, 0.2) is 0 Å². The maximum atomic E-state index is 4.62. The lowest BCUT2D eigenvalue weighted by Crippen LogP contribution is -2.25. The van der Waals surface area contributed by atoms with E-state index in [1.54, 1.807) is 6.33 Å². The van der Waals surface area contributed by atoms with Gasteiger partial charge in [0, 0.05) is 19.0 Å². The average molecular weight is 320 g/mol. The molecule has 0 saturated carbocycles. The van der Waals surface area contributed by atoms with Crippen LogP contribution in [0.1, 0.15) is 26.5 Å². The Balaban J connectivity index is 2.14. The zero-order valence-electron chi connectivity index (χ0n) is 13.8. The Hall–Kier alpha value is -2.05. The predicted octanol–water partition coefficient (Wildman–Crippen LogP) is 3.53. The van der Waals surface area contributed by atoms with Crippen LogP contribution in [0.3, 0.4) is 0 Å². The maximum Gasteiger partial charge on any atom is 0.116 e. The van der Waals surface area contributed by atoms with Crippen molar-refractivity contribution in [3.8, 4) is 0 Å². The standard InChI is InChI=1S/C20H21N2P/c1-20(2,3)18-14-19(22-15-21-18)23(16-10-6-4-7-11-16)17-12-8-5-9-13-17/h4-15H,1-3H3. The third kappa shape index (κ3) is 3.65. The SMILES string of the molecule is CC(C)(C)c1cc(P(c2ccccc2)c2ccccc2)ncn1. The Morgan fingerprint density at radius 1 is 0.739 bits per heavy atom. The minimum atomic E-state index is -0.660. The summed E-state index contributed by atoms with van der Waals surface area (Å²) in [5, 5.41) is 2.62. The van der Waals surface area contributed by atoms with Gasteiger partial charge in [0.05, 0.1) is 5.44 Å². The van der Waals surface area contributed by atoms with Gasteiger partial charge < -0.3 is 0 Å². The highest BCUT2D eigenvalue weighted by Crippen LogP contribution is 2.32. The summed E-state index contributed by atoms with van der Waals surface area (Å²) in [7, 11) is -0.660. The molecule has 3 rings (SSSR count). The summed E-state index contributed by atoms with van der Waals surface area (Å²) in [6.45, 7) is 6.56. The molecule has 0 aliphatic rings. The Labute approximate surface area is 139 Å². The van der Waals surface area contributed by atoms with Gasteiger partial charge in [-0.1, -0.05) is 81.4 Å². The average Bonchev–Trinajstić information content (AvgIpc) is 2.57. The van der Waals surface area contributed by atoms with Crippen LogP contribution in [0.4, 0.5) is 0 Å². The van der Waals surface area contributed by atoms with Crippen LogP contribution >= 0.6 is 7.92 Å². The Bertz CT molecular complexity index is 725. The summed E-state index contributed by atoms with van der Waals surface area (Å²) in [6.07, 6.45) is 1.71. The first kappa shape index (κ1) is 15.8. The molecule has 0 fully saturated rings. The number of hydrogen-bond donors (Lipinski definition) is 0. The zero-order valence-corrected chi connectivity index (χ0v) is 14.7. The highest BCUT2D eigenvalue weighted by molar-refractivity contribution is 7.79. The first-order valence-electron chi connectivity index (χ1n) is 7.78. The van der Waals surface area contributed by atoms with Crippen LogP contribution in [0.25, 0.3) is 0 Å². The predicted molar refractivity (Wildman–Crippen MR) is 99.4 cm³/mol. The summed E-state index contributed by atoms with van der Waals surface area (Å²) >= 11 is 0. The second-order valence-corrected chi connectivity index (χ2v) is 8.68. The molecule has 0 aliphatic carbocycles. The van der Waals surface area contributed by atoms with Gasteiger partial charge in [-0.3, -0.25) is 0 Å². The van der Waals surface area contributed by atoms with E-state index in [0.29, 0.717) is 0 Å². The van der Waals surface area contributed by atoms with Gasteiger partial charge in [0.1, 0.15) is 6.33 Å². The molecule has 116 valence electrons. The molecule has 0 radical (unpaired) electrons. The topological polar surface area (TPSA) is 25.8 Å².